The molecule has 0 amide bonds. The normalized spacial score (nSPS) is 19.6. The van der Waals surface area contributed by atoms with Crippen molar-refractivity contribution in [2.24, 2.45) is 5.92 Å². The summed E-state index contributed by atoms with van der Waals surface area (Å²) in [6.07, 6.45) is 1.30. The Bertz CT molecular complexity index is 378. The van der Waals surface area contributed by atoms with Gasteiger partial charge in [0.05, 0.1) is 0 Å². The summed E-state index contributed by atoms with van der Waals surface area (Å²) in [5, 5.41) is 7.09. The van der Waals surface area contributed by atoms with Gasteiger partial charge >= 0.3 is 0 Å². The first-order valence-electron chi connectivity index (χ1n) is 6.61. The van der Waals surface area contributed by atoms with Crippen molar-refractivity contribution in [3.05, 3.63) is 28.3 Å². The predicted molar refractivity (Wildman–Crippen MR) is 74.9 cm³/mol. The maximum atomic E-state index is 3.66. The summed E-state index contributed by atoms with van der Waals surface area (Å²) in [6.45, 7) is 12.3. The summed E-state index contributed by atoms with van der Waals surface area (Å²) < 4.78 is 0. The molecule has 17 heavy (non-hydrogen) atoms. The van der Waals surface area contributed by atoms with Crippen LogP contribution in [0.2, 0.25) is 0 Å². The van der Waals surface area contributed by atoms with Gasteiger partial charge in [0.25, 0.3) is 0 Å². The van der Waals surface area contributed by atoms with Crippen LogP contribution in [0.4, 0.5) is 5.69 Å². The number of anilines is 1. The lowest BCUT2D eigenvalue weighted by atomic mass is 9.98. The molecule has 0 aliphatic carbocycles. The minimum absolute atomic E-state index is 0.787. The second-order valence-electron chi connectivity index (χ2n) is 5.38. The zero-order valence-corrected chi connectivity index (χ0v) is 11.5. The molecule has 1 aliphatic heterocycles. The van der Waals surface area contributed by atoms with Gasteiger partial charge in [-0.05, 0) is 75.4 Å². The van der Waals surface area contributed by atoms with Crippen LogP contribution in [-0.4, -0.2) is 19.6 Å². The Labute approximate surface area is 105 Å². The number of rotatable bonds is 3. The molecule has 2 heteroatoms. The molecule has 1 heterocycles. The summed E-state index contributed by atoms with van der Waals surface area (Å²) in [5.74, 6) is 0.787. The van der Waals surface area contributed by atoms with E-state index in [0.717, 1.165) is 19.0 Å². The minimum Gasteiger partial charge on any atom is -0.384 e. The third-order valence-electron chi connectivity index (χ3n) is 4.10. The summed E-state index contributed by atoms with van der Waals surface area (Å²) in [4.78, 5) is 0. The van der Waals surface area contributed by atoms with E-state index in [-0.39, 0.29) is 0 Å². The number of hydrogen-bond acceptors (Lipinski definition) is 2. The fraction of sp³-hybridized carbons (Fsp3) is 0.600. The third kappa shape index (κ3) is 2.63. The van der Waals surface area contributed by atoms with Crippen molar-refractivity contribution in [1.29, 1.82) is 0 Å². The average molecular weight is 232 g/mol. The number of hydrogen-bond donors (Lipinski definition) is 2. The van der Waals surface area contributed by atoms with Gasteiger partial charge in [-0.3, -0.25) is 0 Å². The molecule has 1 aliphatic rings. The summed E-state index contributed by atoms with van der Waals surface area (Å²) >= 11 is 0. The topological polar surface area (TPSA) is 24.1 Å². The Hall–Kier alpha value is -1.02. The Morgan fingerprint density at radius 1 is 1.18 bits per heavy atom. The molecule has 1 aromatic rings. The van der Waals surface area contributed by atoms with Crippen molar-refractivity contribution >= 4 is 5.69 Å². The van der Waals surface area contributed by atoms with Crippen LogP contribution in [-0.2, 0) is 0 Å². The number of nitrogens with one attached hydrogen (secondary N) is 2. The van der Waals surface area contributed by atoms with Crippen molar-refractivity contribution < 1.29 is 0 Å². The Balaban J connectivity index is 2.13. The van der Waals surface area contributed by atoms with Crippen molar-refractivity contribution in [2.75, 3.05) is 25.0 Å². The standard InChI is InChI=1S/C15H24N2/c1-10-7-11(2)13(4)15(12(10)3)17-9-14-5-6-16-8-14/h7,14,16-17H,5-6,8-9H2,1-4H3. The first-order chi connectivity index (χ1) is 8.09. The fourth-order valence-electron chi connectivity index (χ4n) is 2.62. The summed E-state index contributed by atoms with van der Waals surface area (Å²) in [5.41, 5.74) is 6.94. The van der Waals surface area contributed by atoms with E-state index in [4.69, 9.17) is 0 Å². The van der Waals surface area contributed by atoms with Crippen LogP contribution in [0.5, 0.6) is 0 Å². The second kappa shape index (κ2) is 5.09. The zero-order valence-electron chi connectivity index (χ0n) is 11.5. The molecule has 1 saturated heterocycles. The zero-order chi connectivity index (χ0) is 12.4. The van der Waals surface area contributed by atoms with Gasteiger partial charge in [-0.15, -0.1) is 0 Å². The van der Waals surface area contributed by atoms with E-state index in [1.807, 2.05) is 0 Å². The largest absolute Gasteiger partial charge is 0.384 e. The second-order valence-corrected chi connectivity index (χ2v) is 5.38. The van der Waals surface area contributed by atoms with E-state index < -0.39 is 0 Å². The van der Waals surface area contributed by atoms with Crippen molar-refractivity contribution in [2.45, 2.75) is 34.1 Å². The Morgan fingerprint density at radius 2 is 1.82 bits per heavy atom. The van der Waals surface area contributed by atoms with Gasteiger partial charge in [0, 0.05) is 12.2 Å². The number of aryl methyl sites for hydroxylation is 2. The van der Waals surface area contributed by atoms with Crippen molar-refractivity contribution in [1.82, 2.24) is 5.32 Å². The lowest BCUT2D eigenvalue weighted by Crippen LogP contribution is -2.18. The average Bonchev–Trinajstić information content (AvgIpc) is 2.79. The molecular formula is C15H24N2. The van der Waals surface area contributed by atoms with Crippen LogP contribution in [0.1, 0.15) is 28.7 Å². The molecule has 2 N–H and O–H groups in total. The van der Waals surface area contributed by atoms with Gasteiger partial charge in [0.1, 0.15) is 0 Å². The molecule has 0 radical (unpaired) electrons. The van der Waals surface area contributed by atoms with Crippen molar-refractivity contribution in [3.8, 4) is 0 Å². The van der Waals surface area contributed by atoms with Crippen LogP contribution in [0.25, 0.3) is 0 Å². The molecule has 1 atom stereocenters. The quantitative estimate of drug-likeness (QED) is 0.837. The smallest absolute Gasteiger partial charge is 0.0405 e. The molecule has 1 unspecified atom stereocenters. The molecule has 1 aromatic carbocycles. The molecule has 2 nitrogen and oxygen atoms in total. The van der Waals surface area contributed by atoms with Crippen LogP contribution in [0.3, 0.4) is 0 Å². The van der Waals surface area contributed by atoms with Crippen LogP contribution in [0.15, 0.2) is 6.07 Å². The van der Waals surface area contributed by atoms with Gasteiger partial charge in [0.15, 0.2) is 0 Å². The van der Waals surface area contributed by atoms with E-state index in [0.29, 0.717) is 0 Å². The third-order valence-corrected chi connectivity index (χ3v) is 4.10. The predicted octanol–water partition coefficient (Wildman–Crippen LogP) is 2.94. The molecule has 0 spiro atoms. The highest BCUT2D eigenvalue weighted by Crippen LogP contribution is 2.27. The highest BCUT2D eigenvalue weighted by atomic mass is 14.9. The minimum atomic E-state index is 0.787. The van der Waals surface area contributed by atoms with E-state index in [1.165, 1.54) is 40.9 Å². The molecular weight excluding hydrogens is 208 g/mol. The van der Waals surface area contributed by atoms with E-state index in [2.05, 4.69) is 44.4 Å². The van der Waals surface area contributed by atoms with Crippen molar-refractivity contribution in [3.63, 3.8) is 0 Å². The van der Waals surface area contributed by atoms with Crippen LogP contribution < -0.4 is 10.6 Å². The monoisotopic (exact) mass is 232 g/mol. The number of benzene rings is 1. The molecule has 94 valence electrons. The molecule has 1 fully saturated rings. The molecule has 0 bridgehead atoms. The van der Waals surface area contributed by atoms with E-state index in [1.54, 1.807) is 0 Å². The van der Waals surface area contributed by atoms with E-state index in [9.17, 15) is 0 Å². The SMILES string of the molecule is Cc1cc(C)c(C)c(NCC2CCNC2)c1C. The van der Waals surface area contributed by atoms with Gasteiger partial charge in [-0.25, -0.2) is 0 Å². The Kier molecular flexibility index (Phi) is 3.72. The van der Waals surface area contributed by atoms with Gasteiger partial charge in [0.2, 0.25) is 0 Å². The van der Waals surface area contributed by atoms with Crippen LogP contribution in [0, 0.1) is 33.6 Å². The van der Waals surface area contributed by atoms with E-state index >= 15 is 0 Å². The maximum absolute atomic E-state index is 3.66. The lowest BCUT2D eigenvalue weighted by Gasteiger charge is -2.19. The van der Waals surface area contributed by atoms with Gasteiger partial charge < -0.3 is 10.6 Å². The molecule has 0 aromatic heterocycles. The summed E-state index contributed by atoms with van der Waals surface area (Å²) in [6, 6.07) is 2.28. The highest BCUT2D eigenvalue weighted by Gasteiger charge is 2.15. The molecule has 2 rings (SSSR count). The fourth-order valence-corrected chi connectivity index (χ4v) is 2.62. The lowest BCUT2D eigenvalue weighted by molar-refractivity contribution is 0.615. The first-order valence-corrected chi connectivity index (χ1v) is 6.61. The van der Waals surface area contributed by atoms with Gasteiger partial charge in [-0.1, -0.05) is 6.07 Å². The first kappa shape index (κ1) is 12.4. The molecule has 0 saturated carbocycles. The maximum Gasteiger partial charge on any atom is 0.0405 e. The van der Waals surface area contributed by atoms with Crippen LogP contribution >= 0.6 is 0 Å². The summed E-state index contributed by atoms with van der Waals surface area (Å²) in [7, 11) is 0. The Morgan fingerprint density at radius 3 is 2.35 bits per heavy atom. The highest BCUT2D eigenvalue weighted by molar-refractivity contribution is 5.62. The van der Waals surface area contributed by atoms with Gasteiger partial charge in [-0.2, -0.15) is 0 Å².